The van der Waals surface area contributed by atoms with Gasteiger partial charge in [-0.1, -0.05) is 32.6 Å². The van der Waals surface area contributed by atoms with Gasteiger partial charge in [-0.25, -0.2) is 0 Å². The molecule has 3 nitrogen and oxygen atoms in total. The normalized spacial score (nSPS) is 23.2. The molecule has 0 aromatic carbocycles. The maximum Gasteiger partial charge on any atom is 0.223 e. The summed E-state index contributed by atoms with van der Waals surface area (Å²) >= 11 is 0. The van der Waals surface area contributed by atoms with Gasteiger partial charge in [-0.15, -0.1) is 12.4 Å². The number of carbonyl (C=O) groups is 1. The molecule has 1 saturated carbocycles. The van der Waals surface area contributed by atoms with Crippen LogP contribution in [-0.4, -0.2) is 30.4 Å². The van der Waals surface area contributed by atoms with Crippen molar-refractivity contribution < 1.29 is 4.79 Å². The third-order valence-electron chi connectivity index (χ3n) is 5.42. The molecule has 0 radical (unpaired) electrons. The molecule has 2 aliphatic rings. The summed E-state index contributed by atoms with van der Waals surface area (Å²) in [5.74, 6) is 1.20. The van der Waals surface area contributed by atoms with Gasteiger partial charge < -0.3 is 10.6 Å². The molecule has 1 aliphatic heterocycles. The zero-order valence-electron chi connectivity index (χ0n) is 12.9. The lowest BCUT2D eigenvalue weighted by molar-refractivity contribution is -0.135. The number of carbonyl (C=O) groups excluding carboxylic acids is 1. The average molecular weight is 303 g/mol. The van der Waals surface area contributed by atoms with E-state index in [1.54, 1.807) is 0 Å². The topological polar surface area (TPSA) is 46.3 Å². The first-order valence-electron chi connectivity index (χ1n) is 8.17. The van der Waals surface area contributed by atoms with Crippen LogP contribution < -0.4 is 5.73 Å². The first-order valence-corrected chi connectivity index (χ1v) is 8.17. The molecule has 1 aliphatic carbocycles. The maximum absolute atomic E-state index is 12.5. The minimum absolute atomic E-state index is 0. The Labute approximate surface area is 130 Å². The van der Waals surface area contributed by atoms with E-state index in [0.717, 1.165) is 31.8 Å². The standard InChI is InChI=1S/C16H30N2O.ClH/c1-2-14-6-10-18(11-7-14)15(19)12-16(13-17)8-4-3-5-9-16;/h14H,2-13,17H2,1H3;1H. The summed E-state index contributed by atoms with van der Waals surface area (Å²) in [6.07, 6.45) is 10.5. The van der Waals surface area contributed by atoms with Gasteiger partial charge in [-0.05, 0) is 43.6 Å². The zero-order valence-corrected chi connectivity index (χ0v) is 13.7. The molecular formula is C16H31ClN2O. The van der Waals surface area contributed by atoms with Crippen LogP contribution in [0.25, 0.3) is 0 Å². The quantitative estimate of drug-likeness (QED) is 0.865. The Morgan fingerprint density at radius 2 is 1.80 bits per heavy atom. The van der Waals surface area contributed by atoms with E-state index in [9.17, 15) is 4.79 Å². The van der Waals surface area contributed by atoms with Gasteiger partial charge in [0.15, 0.2) is 0 Å². The van der Waals surface area contributed by atoms with E-state index >= 15 is 0 Å². The number of likely N-dealkylation sites (tertiary alicyclic amines) is 1. The van der Waals surface area contributed by atoms with Gasteiger partial charge in [-0.2, -0.15) is 0 Å². The van der Waals surface area contributed by atoms with Crippen LogP contribution in [0.2, 0.25) is 0 Å². The van der Waals surface area contributed by atoms with E-state index < -0.39 is 0 Å². The molecule has 0 aromatic heterocycles. The summed E-state index contributed by atoms with van der Waals surface area (Å²) in [6, 6.07) is 0. The third kappa shape index (κ3) is 4.36. The minimum atomic E-state index is 0. The lowest BCUT2D eigenvalue weighted by atomic mass is 9.71. The van der Waals surface area contributed by atoms with Crippen molar-refractivity contribution in [3.05, 3.63) is 0 Å². The Morgan fingerprint density at radius 3 is 2.30 bits per heavy atom. The molecule has 0 aromatic rings. The summed E-state index contributed by atoms with van der Waals surface area (Å²) in [4.78, 5) is 14.6. The molecular weight excluding hydrogens is 272 g/mol. The number of piperidine rings is 1. The number of hydrogen-bond donors (Lipinski definition) is 1. The first kappa shape index (κ1) is 17.8. The predicted octanol–water partition coefficient (Wildman–Crippen LogP) is 3.36. The Bertz CT molecular complexity index is 295. The van der Waals surface area contributed by atoms with Gasteiger partial charge in [0, 0.05) is 19.5 Å². The van der Waals surface area contributed by atoms with Gasteiger partial charge in [-0.3, -0.25) is 4.79 Å². The van der Waals surface area contributed by atoms with Gasteiger partial charge in [0.25, 0.3) is 0 Å². The van der Waals surface area contributed by atoms with E-state index in [0.29, 0.717) is 18.9 Å². The van der Waals surface area contributed by atoms with Crippen LogP contribution in [0.5, 0.6) is 0 Å². The van der Waals surface area contributed by atoms with Crippen LogP contribution in [0.1, 0.15) is 64.7 Å². The van der Waals surface area contributed by atoms with Gasteiger partial charge >= 0.3 is 0 Å². The van der Waals surface area contributed by atoms with E-state index in [-0.39, 0.29) is 17.8 Å². The largest absolute Gasteiger partial charge is 0.343 e. The van der Waals surface area contributed by atoms with Crippen LogP contribution in [0, 0.1) is 11.3 Å². The van der Waals surface area contributed by atoms with E-state index in [4.69, 9.17) is 5.73 Å². The van der Waals surface area contributed by atoms with Crippen molar-refractivity contribution in [2.75, 3.05) is 19.6 Å². The molecule has 0 unspecified atom stereocenters. The van der Waals surface area contributed by atoms with Crippen LogP contribution in [0.3, 0.4) is 0 Å². The highest BCUT2D eigenvalue weighted by Crippen LogP contribution is 2.39. The highest BCUT2D eigenvalue weighted by molar-refractivity contribution is 5.85. The van der Waals surface area contributed by atoms with Crippen LogP contribution in [-0.2, 0) is 4.79 Å². The molecule has 0 bridgehead atoms. The van der Waals surface area contributed by atoms with E-state index in [2.05, 4.69) is 11.8 Å². The number of amides is 1. The molecule has 4 heteroatoms. The predicted molar refractivity (Wildman–Crippen MR) is 86.0 cm³/mol. The van der Waals surface area contributed by atoms with Crippen molar-refractivity contribution >= 4 is 18.3 Å². The van der Waals surface area contributed by atoms with Gasteiger partial charge in [0.1, 0.15) is 0 Å². The summed E-state index contributed by atoms with van der Waals surface area (Å²) in [6.45, 7) is 4.88. The van der Waals surface area contributed by atoms with Crippen molar-refractivity contribution in [3.8, 4) is 0 Å². The number of halogens is 1. The molecule has 2 fully saturated rings. The number of nitrogens with two attached hydrogens (primary N) is 1. The highest BCUT2D eigenvalue weighted by Gasteiger charge is 2.35. The molecule has 2 N–H and O–H groups in total. The van der Waals surface area contributed by atoms with Crippen molar-refractivity contribution in [3.63, 3.8) is 0 Å². The fraction of sp³-hybridized carbons (Fsp3) is 0.938. The molecule has 1 saturated heterocycles. The second-order valence-electron chi connectivity index (χ2n) is 6.67. The Morgan fingerprint density at radius 1 is 1.20 bits per heavy atom. The van der Waals surface area contributed by atoms with E-state index in [1.165, 1.54) is 38.5 Å². The zero-order chi connectivity index (χ0) is 13.7. The molecule has 0 spiro atoms. The summed E-state index contributed by atoms with van der Waals surface area (Å²) in [7, 11) is 0. The third-order valence-corrected chi connectivity index (χ3v) is 5.42. The van der Waals surface area contributed by atoms with Crippen LogP contribution in [0.15, 0.2) is 0 Å². The fourth-order valence-electron chi connectivity index (χ4n) is 3.78. The molecule has 0 atom stereocenters. The van der Waals surface area contributed by atoms with E-state index in [1.807, 2.05) is 0 Å². The molecule has 1 heterocycles. The monoisotopic (exact) mass is 302 g/mol. The Balaban J connectivity index is 0.00000200. The molecule has 1 amide bonds. The van der Waals surface area contributed by atoms with Gasteiger partial charge in [0.05, 0.1) is 0 Å². The summed E-state index contributed by atoms with van der Waals surface area (Å²) < 4.78 is 0. The highest BCUT2D eigenvalue weighted by atomic mass is 35.5. The first-order chi connectivity index (χ1) is 9.19. The lowest BCUT2D eigenvalue weighted by Gasteiger charge is -2.39. The number of hydrogen-bond acceptors (Lipinski definition) is 2. The molecule has 118 valence electrons. The minimum Gasteiger partial charge on any atom is -0.343 e. The molecule has 2 rings (SSSR count). The van der Waals surface area contributed by atoms with Gasteiger partial charge in [0.2, 0.25) is 5.91 Å². The SMILES string of the molecule is CCC1CCN(C(=O)CC2(CN)CCCCC2)CC1.Cl. The fourth-order valence-corrected chi connectivity index (χ4v) is 3.78. The van der Waals surface area contributed by atoms with Crippen molar-refractivity contribution in [1.29, 1.82) is 0 Å². The lowest BCUT2D eigenvalue weighted by Crippen LogP contribution is -2.43. The Kier molecular flexibility index (Phi) is 7.32. The smallest absolute Gasteiger partial charge is 0.223 e. The van der Waals surface area contributed by atoms with Crippen molar-refractivity contribution in [2.24, 2.45) is 17.1 Å². The van der Waals surface area contributed by atoms with Crippen LogP contribution >= 0.6 is 12.4 Å². The second kappa shape index (κ2) is 8.23. The second-order valence-corrected chi connectivity index (χ2v) is 6.67. The summed E-state index contributed by atoms with van der Waals surface area (Å²) in [5, 5.41) is 0. The summed E-state index contributed by atoms with van der Waals surface area (Å²) in [5.41, 5.74) is 6.11. The maximum atomic E-state index is 12.5. The number of rotatable bonds is 4. The van der Waals surface area contributed by atoms with Crippen molar-refractivity contribution in [1.82, 2.24) is 4.90 Å². The van der Waals surface area contributed by atoms with Crippen LogP contribution in [0.4, 0.5) is 0 Å². The average Bonchev–Trinajstić information content (AvgIpc) is 2.48. The van der Waals surface area contributed by atoms with Crippen molar-refractivity contribution in [2.45, 2.75) is 64.7 Å². The number of nitrogens with zero attached hydrogens (tertiary/aromatic N) is 1. The molecule has 20 heavy (non-hydrogen) atoms. The Hall–Kier alpha value is -0.280.